The van der Waals surface area contributed by atoms with E-state index in [2.05, 4.69) is 17.2 Å². The van der Waals surface area contributed by atoms with E-state index >= 15 is 0 Å². The molecule has 0 bridgehead atoms. The lowest BCUT2D eigenvalue weighted by atomic mass is 9.86. The highest BCUT2D eigenvalue weighted by atomic mass is 16.5. The van der Waals surface area contributed by atoms with Gasteiger partial charge in [0.25, 0.3) is 5.91 Å². The molecule has 6 nitrogen and oxygen atoms in total. The van der Waals surface area contributed by atoms with Crippen molar-refractivity contribution in [2.45, 2.75) is 66.9 Å². The molecule has 1 aromatic carbocycles. The average Bonchev–Trinajstić information content (AvgIpc) is 2.70. The molecular formula is C25H34N2O4. The van der Waals surface area contributed by atoms with Crippen LogP contribution in [-0.4, -0.2) is 36.3 Å². The summed E-state index contributed by atoms with van der Waals surface area (Å²) in [5, 5.41) is 2.95. The molecule has 0 saturated carbocycles. The number of anilines is 1. The fraction of sp³-hybridized carbons (Fsp3) is 0.520. The third-order valence-electron chi connectivity index (χ3n) is 5.99. The number of ether oxygens (including phenoxy) is 3. The highest BCUT2D eigenvalue weighted by Gasteiger charge is 2.41. The number of benzene rings is 1. The number of rotatable bonds is 7. The molecule has 6 heteroatoms. The number of fused-ring (bicyclic) bond motifs is 1. The lowest BCUT2D eigenvalue weighted by molar-refractivity contribution is -0.131. The quantitative estimate of drug-likeness (QED) is 0.647. The molecule has 1 unspecified atom stereocenters. The van der Waals surface area contributed by atoms with Crippen molar-refractivity contribution < 1.29 is 19.0 Å². The number of aryl methyl sites for hydroxylation is 2. The lowest BCUT2D eigenvalue weighted by Gasteiger charge is -2.37. The van der Waals surface area contributed by atoms with Crippen LogP contribution in [0.15, 0.2) is 12.1 Å². The minimum Gasteiger partial charge on any atom is -0.491 e. The molecular weight excluding hydrogens is 392 g/mol. The number of carbonyl (C=O) groups is 1. The molecule has 1 N–H and O–H groups in total. The Kier molecular flexibility index (Phi) is 6.90. The minimum atomic E-state index is -0.965. The predicted molar refractivity (Wildman–Crippen MR) is 122 cm³/mol. The molecule has 2 aromatic rings. The number of carbonyl (C=O) groups excluding carboxylic acids is 1. The van der Waals surface area contributed by atoms with E-state index in [1.807, 2.05) is 53.7 Å². The Labute approximate surface area is 185 Å². The van der Waals surface area contributed by atoms with Gasteiger partial charge >= 0.3 is 0 Å². The monoisotopic (exact) mass is 426 g/mol. The topological polar surface area (TPSA) is 69.7 Å². The van der Waals surface area contributed by atoms with Crippen LogP contribution in [0.25, 0.3) is 0 Å². The van der Waals surface area contributed by atoms with Crippen LogP contribution in [0.1, 0.15) is 53.8 Å². The van der Waals surface area contributed by atoms with Crippen LogP contribution in [0.2, 0.25) is 0 Å². The number of hydrogen-bond donors (Lipinski definition) is 1. The van der Waals surface area contributed by atoms with Crippen molar-refractivity contribution in [2.75, 3.05) is 25.1 Å². The third-order valence-corrected chi connectivity index (χ3v) is 5.99. The highest BCUT2D eigenvalue weighted by Crippen LogP contribution is 2.44. The van der Waals surface area contributed by atoms with Crippen LogP contribution in [-0.2, 0) is 16.0 Å². The molecule has 0 fully saturated rings. The molecule has 168 valence electrons. The highest BCUT2D eigenvalue weighted by molar-refractivity contribution is 5.97. The number of nitrogens with one attached hydrogen (secondary N) is 1. The first-order chi connectivity index (χ1) is 14.7. The van der Waals surface area contributed by atoms with Gasteiger partial charge in [-0.15, -0.1) is 0 Å². The SMILES string of the molecule is CCOCCOc1c(C)c(C)c2c(c1C)CCC(C)(C(=O)Nc1cc(C)cc(C)n1)O2. The van der Waals surface area contributed by atoms with Gasteiger partial charge in [0.1, 0.15) is 23.9 Å². The normalized spacial score (nSPS) is 17.6. The number of aromatic nitrogens is 1. The van der Waals surface area contributed by atoms with Gasteiger partial charge in [-0.2, -0.15) is 0 Å². The van der Waals surface area contributed by atoms with E-state index in [0.29, 0.717) is 32.1 Å². The van der Waals surface area contributed by atoms with Crippen molar-refractivity contribution in [1.29, 1.82) is 0 Å². The Bertz CT molecular complexity index is 966. The van der Waals surface area contributed by atoms with Crippen LogP contribution >= 0.6 is 0 Å². The number of nitrogens with zero attached hydrogens (tertiary/aromatic N) is 1. The molecule has 1 aliphatic rings. The minimum absolute atomic E-state index is 0.178. The molecule has 1 amide bonds. The van der Waals surface area contributed by atoms with E-state index in [1.165, 1.54) is 0 Å². The molecule has 3 rings (SSSR count). The standard InChI is InChI=1S/C25H34N2O4/c1-8-29-11-12-30-22-17(4)18(5)23-20(19(22)6)9-10-25(7,31-23)24(28)27-21-14-15(2)13-16(3)26-21/h13-14H,8-12H2,1-7H3,(H,26,27,28). The largest absolute Gasteiger partial charge is 0.491 e. The van der Waals surface area contributed by atoms with E-state index < -0.39 is 5.60 Å². The zero-order valence-corrected chi connectivity index (χ0v) is 19.8. The van der Waals surface area contributed by atoms with Gasteiger partial charge in [0.2, 0.25) is 0 Å². The first-order valence-corrected chi connectivity index (χ1v) is 10.9. The second-order valence-corrected chi connectivity index (χ2v) is 8.52. The van der Waals surface area contributed by atoms with E-state index in [4.69, 9.17) is 14.2 Å². The summed E-state index contributed by atoms with van der Waals surface area (Å²) in [6.45, 7) is 15.6. The second kappa shape index (κ2) is 9.27. The molecule has 1 atom stereocenters. The summed E-state index contributed by atoms with van der Waals surface area (Å²) in [5.41, 5.74) is 5.20. The van der Waals surface area contributed by atoms with Crippen LogP contribution in [0.4, 0.5) is 5.82 Å². The van der Waals surface area contributed by atoms with Gasteiger partial charge in [-0.05, 0) is 89.3 Å². The Hall–Kier alpha value is -2.60. The molecule has 2 heterocycles. The number of pyridine rings is 1. The smallest absolute Gasteiger partial charge is 0.269 e. The van der Waals surface area contributed by atoms with Crippen LogP contribution < -0.4 is 14.8 Å². The van der Waals surface area contributed by atoms with Crippen molar-refractivity contribution in [3.05, 3.63) is 45.6 Å². The van der Waals surface area contributed by atoms with Crippen molar-refractivity contribution in [3.63, 3.8) is 0 Å². The maximum atomic E-state index is 13.2. The van der Waals surface area contributed by atoms with Gasteiger partial charge < -0.3 is 19.5 Å². The van der Waals surface area contributed by atoms with E-state index in [1.54, 1.807) is 0 Å². The maximum Gasteiger partial charge on any atom is 0.269 e. The van der Waals surface area contributed by atoms with Gasteiger partial charge in [-0.1, -0.05) is 0 Å². The van der Waals surface area contributed by atoms with Gasteiger partial charge in [0.05, 0.1) is 6.61 Å². The van der Waals surface area contributed by atoms with Crippen molar-refractivity contribution >= 4 is 11.7 Å². The molecule has 0 aliphatic carbocycles. The first-order valence-electron chi connectivity index (χ1n) is 10.9. The molecule has 0 saturated heterocycles. The van der Waals surface area contributed by atoms with Crippen molar-refractivity contribution in [3.8, 4) is 11.5 Å². The van der Waals surface area contributed by atoms with E-state index in [-0.39, 0.29) is 5.91 Å². The maximum absolute atomic E-state index is 13.2. The summed E-state index contributed by atoms with van der Waals surface area (Å²) < 4.78 is 17.8. The number of hydrogen-bond acceptors (Lipinski definition) is 5. The van der Waals surface area contributed by atoms with Crippen LogP contribution in [0.3, 0.4) is 0 Å². The van der Waals surface area contributed by atoms with Gasteiger partial charge in [0.15, 0.2) is 5.60 Å². The molecule has 0 radical (unpaired) electrons. The summed E-state index contributed by atoms with van der Waals surface area (Å²) in [4.78, 5) is 17.6. The summed E-state index contributed by atoms with van der Waals surface area (Å²) in [6, 6.07) is 3.85. The summed E-state index contributed by atoms with van der Waals surface area (Å²) >= 11 is 0. The number of amides is 1. The Balaban J connectivity index is 1.84. The summed E-state index contributed by atoms with van der Waals surface area (Å²) in [5.74, 6) is 2.07. The van der Waals surface area contributed by atoms with Crippen LogP contribution in [0.5, 0.6) is 11.5 Å². The zero-order chi connectivity index (χ0) is 22.8. The van der Waals surface area contributed by atoms with Crippen molar-refractivity contribution in [2.24, 2.45) is 0 Å². The molecule has 31 heavy (non-hydrogen) atoms. The zero-order valence-electron chi connectivity index (χ0n) is 19.8. The van der Waals surface area contributed by atoms with Crippen LogP contribution in [0, 0.1) is 34.6 Å². The van der Waals surface area contributed by atoms with Gasteiger partial charge in [-0.3, -0.25) is 4.79 Å². The van der Waals surface area contributed by atoms with Gasteiger partial charge in [0, 0.05) is 24.3 Å². The Morgan fingerprint density at radius 2 is 1.87 bits per heavy atom. The third kappa shape index (κ3) is 4.85. The lowest BCUT2D eigenvalue weighted by Crippen LogP contribution is -2.48. The molecule has 1 aromatic heterocycles. The van der Waals surface area contributed by atoms with Gasteiger partial charge in [-0.25, -0.2) is 4.98 Å². The first kappa shape index (κ1) is 23.1. The molecule has 1 aliphatic heterocycles. The van der Waals surface area contributed by atoms with Crippen molar-refractivity contribution in [1.82, 2.24) is 4.98 Å². The fourth-order valence-corrected chi connectivity index (χ4v) is 4.11. The summed E-state index contributed by atoms with van der Waals surface area (Å²) in [7, 11) is 0. The van der Waals surface area contributed by atoms with E-state index in [9.17, 15) is 4.79 Å². The Morgan fingerprint density at radius 1 is 1.13 bits per heavy atom. The fourth-order valence-electron chi connectivity index (χ4n) is 4.11. The Morgan fingerprint density at radius 3 is 2.55 bits per heavy atom. The second-order valence-electron chi connectivity index (χ2n) is 8.52. The molecule has 0 spiro atoms. The average molecular weight is 427 g/mol. The predicted octanol–water partition coefficient (Wildman–Crippen LogP) is 4.76. The van der Waals surface area contributed by atoms with E-state index in [0.717, 1.165) is 51.4 Å². The summed E-state index contributed by atoms with van der Waals surface area (Å²) in [6.07, 6.45) is 1.33.